The third-order valence-electron chi connectivity index (χ3n) is 3.36. The van der Waals surface area contributed by atoms with Crippen molar-refractivity contribution in [3.8, 4) is 0 Å². The topological polar surface area (TPSA) is 15.3 Å². The second-order valence-corrected chi connectivity index (χ2v) is 6.01. The summed E-state index contributed by atoms with van der Waals surface area (Å²) < 4.78 is 1.16. The second kappa shape index (κ2) is 5.87. The first-order valence-electron chi connectivity index (χ1n) is 6.36. The first-order chi connectivity index (χ1) is 8.13. The molecule has 0 amide bonds. The molecule has 94 valence electrons. The van der Waals surface area contributed by atoms with Crippen LogP contribution in [0.1, 0.15) is 24.8 Å². The Hall–Kier alpha value is -0.540. The lowest BCUT2D eigenvalue weighted by molar-refractivity contribution is 0.348. The molecular weight excluding hydrogens is 276 g/mol. The van der Waals surface area contributed by atoms with Gasteiger partial charge in [-0.25, -0.2) is 0 Å². The molecule has 1 aliphatic rings. The Morgan fingerprint density at radius 1 is 1.24 bits per heavy atom. The summed E-state index contributed by atoms with van der Waals surface area (Å²) in [5.41, 5.74) is 2.54. The summed E-state index contributed by atoms with van der Waals surface area (Å²) in [4.78, 5) is 2.42. The summed E-state index contributed by atoms with van der Waals surface area (Å²) in [6, 6.07) is 7.15. The molecule has 0 spiro atoms. The van der Waals surface area contributed by atoms with Crippen molar-refractivity contribution < 1.29 is 0 Å². The fraction of sp³-hybridized carbons (Fsp3) is 0.571. The molecule has 1 fully saturated rings. The summed E-state index contributed by atoms with van der Waals surface area (Å²) in [7, 11) is 2.21. The van der Waals surface area contributed by atoms with Crippen LogP contribution >= 0.6 is 15.9 Å². The Kier molecular flexibility index (Phi) is 4.46. The quantitative estimate of drug-likeness (QED) is 0.896. The summed E-state index contributed by atoms with van der Waals surface area (Å²) in [5.74, 6) is 0. The Morgan fingerprint density at radius 3 is 2.82 bits per heavy atom. The van der Waals surface area contributed by atoms with E-state index in [2.05, 4.69) is 58.3 Å². The van der Waals surface area contributed by atoms with Crippen LogP contribution < -0.4 is 5.32 Å². The normalized spacial score (nSPS) is 22.2. The van der Waals surface area contributed by atoms with E-state index in [9.17, 15) is 0 Å². The lowest BCUT2D eigenvalue weighted by atomic mass is 10.1. The van der Waals surface area contributed by atoms with E-state index >= 15 is 0 Å². The van der Waals surface area contributed by atoms with E-state index < -0.39 is 0 Å². The Bertz CT molecular complexity index is 358. The van der Waals surface area contributed by atoms with Gasteiger partial charge in [0.25, 0.3) is 0 Å². The van der Waals surface area contributed by atoms with Crippen LogP contribution in [0.15, 0.2) is 22.7 Å². The van der Waals surface area contributed by atoms with Crippen molar-refractivity contribution in [2.75, 3.05) is 25.5 Å². The molecule has 1 heterocycles. The molecule has 0 aromatic heterocycles. The molecule has 0 saturated carbocycles. The third-order valence-corrected chi connectivity index (χ3v) is 3.82. The molecule has 1 unspecified atom stereocenters. The summed E-state index contributed by atoms with van der Waals surface area (Å²) >= 11 is 3.55. The van der Waals surface area contributed by atoms with Gasteiger partial charge in [-0.15, -0.1) is 0 Å². The van der Waals surface area contributed by atoms with Crippen LogP contribution in [0.5, 0.6) is 0 Å². The molecule has 1 saturated heterocycles. The molecule has 0 radical (unpaired) electrons. The Balaban J connectivity index is 1.99. The first kappa shape index (κ1) is 12.9. The minimum Gasteiger partial charge on any atom is -0.382 e. The SMILES string of the molecule is Cc1cc(Br)cc(NC2CCCN(C)CC2)c1. The summed E-state index contributed by atoms with van der Waals surface area (Å²) in [6.45, 7) is 4.57. The van der Waals surface area contributed by atoms with Gasteiger partial charge >= 0.3 is 0 Å². The standard InChI is InChI=1S/C14H21BrN2/c1-11-8-12(15)10-14(9-11)16-13-4-3-6-17(2)7-5-13/h8-10,13,16H,3-7H2,1-2H3. The predicted molar refractivity (Wildman–Crippen MR) is 77.6 cm³/mol. The van der Waals surface area contributed by atoms with E-state index in [4.69, 9.17) is 0 Å². The van der Waals surface area contributed by atoms with Crippen LogP contribution in [-0.2, 0) is 0 Å². The van der Waals surface area contributed by atoms with Gasteiger partial charge in [0.2, 0.25) is 0 Å². The molecule has 0 aliphatic carbocycles. The van der Waals surface area contributed by atoms with Crippen molar-refractivity contribution in [1.82, 2.24) is 4.90 Å². The maximum absolute atomic E-state index is 3.67. The van der Waals surface area contributed by atoms with Gasteiger partial charge in [-0.2, -0.15) is 0 Å². The lowest BCUT2D eigenvalue weighted by Gasteiger charge is -2.18. The summed E-state index contributed by atoms with van der Waals surface area (Å²) in [5, 5.41) is 3.67. The zero-order valence-corrected chi connectivity index (χ0v) is 12.3. The maximum atomic E-state index is 3.67. The van der Waals surface area contributed by atoms with Gasteiger partial charge in [0, 0.05) is 16.2 Å². The fourth-order valence-electron chi connectivity index (χ4n) is 2.44. The number of halogens is 1. The highest BCUT2D eigenvalue weighted by Gasteiger charge is 2.14. The van der Waals surface area contributed by atoms with Crippen molar-refractivity contribution >= 4 is 21.6 Å². The number of hydrogen-bond acceptors (Lipinski definition) is 2. The van der Waals surface area contributed by atoms with E-state index in [0.29, 0.717) is 6.04 Å². The van der Waals surface area contributed by atoms with Gasteiger partial charge in [-0.05, 0) is 70.1 Å². The van der Waals surface area contributed by atoms with Crippen LogP contribution in [-0.4, -0.2) is 31.1 Å². The van der Waals surface area contributed by atoms with Crippen LogP contribution in [0.2, 0.25) is 0 Å². The molecule has 1 atom stereocenters. The molecule has 1 aliphatic heterocycles. The van der Waals surface area contributed by atoms with Gasteiger partial charge in [-0.1, -0.05) is 15.9 Å². The van der Waals surface area contributed by atoms with Gasteiger partial charge < -0.3 is 10.2 Å². The van der Waals surface area contributed by atoms with Gasteiger partial charge in [-0.3, -0.25) is 0 Å². The Morgan fingerprint density at radius 2 is 2.06 bits per heavy atom. The number of benzene rings is 1. The number of nitrogens with one attached hydrogen (secondary N) is 1. The first-order valence-corrected chi connectivity index (χ1v) is 7.15. The predicted octanol–water partition coefficient (Wildman–Crippen LogP) is 3.65. The molecule has 17 heavy (non-hydrogen) atoms. The number of nitrogens with zero attached hydrogens (tertiary/aromatic N) is 1. The molecule has 1 aromatic carbocycles. The summed E-state index contributed by atoms with van der Waals surface area (Å²) in [6.07, 6.45) is 3.80. The van der Waals surface area contributed by atoms with Gasteiger partial charge in [0.1, 0.15) is 0 Å². The van der Waals surface area contributed by atoms with E-state index in [0.717, 1.165) is 4.47 Å². The highest BCUT2D eigenvalue weighted by atomic mass is 79.9. The van der Waals surface area contributed by atoms with Gasteiger partial charge in [0.05, 0.1) is 0 Å². The highest BCUT2D eigenvalue weighted by molar-refractivity contribution is 9.10. The van der Waals surface area contributed by atoms with Gasteiger partial charge in [0.15, 0.2) is 0 Å². The van der Waals surface area contributed by atoms with E-state index in [-0.39, 0.29) is 0 Å². The average Bonchev–Trinajstić information content (AvgIpc) is 2.42. The number of aryl methyl sites for hydroxylation is 1. The van der Waals surface area contributed by atoms with E-state index in [1.165, 1.54) is 43.6 Å². The minimum atomic E-state index is 0.619. The zero-order valence-electron chi connectivity index (χ0n) is 10.7. The number of rotatable bonds is 2. The molecular formula is C14H21BrN2. The molecule has 3 heteroatoms. The van der Waals surface area contributed by atoms with Crippen molar-refractivity contribution in [1.29, 1.82) is 0 Å². The monoisotopic (exact) mass is 296 g/mol. The van der Waals surface area contributed by atoms with Crippen LogP contribution in [0.4, 0.5) is 5.69 Å². The fourth-order valence-corrected chi connectivity index (χ4v) is 3.05. The minimum absolute atomic E-state index is 0.619. The molecule has 2 rings (SSSR count). The van der Waals surface area contributed by atoms with Crippen LogP contribution in [0.3, 0.4) is 0 Å². The van der Waals surface area contributed by atoms with E-state index in [1.54, 1.807) is 0 Å². The zero-order chi connectivity index (χ0) is 12.3. The van der Waals surface area contributed by atoms with Crippen LogP contribution in [0, 0.1) is 6.92 Å². The Labute approximate surface area is 113 Å². The third kappa shape index (κ3) is 4.00. The van der Waals surface area contributed by atoms with E-state index in [1.807, 2.05) is 0 Å². The van der Waals surface area contributed by atoms with Crippen molar-refractivity contribution in [2.24, 2.45) is 0 Å². The second-order valence-electron chi connectivity index (χ2n) is 5.09. The largest absolute Gasteiger partial charge is 0.382 e. The number of hydrogen-bond donors (Lipinski definition) is 1. The smallest absolute Gasteiger partial charge is 0.0356 e. The molecule has 0 bridgehead atoms. The molecule has 1 aromatic rings. The average molecular weight is 297 g/mol. The lowest BCUT2D eigenvalue weighted by Crippen LogP contribution is -2.23. The number of anilines is 1. The molecule has 1 N–H and O–H groups in total. The molecule has 2 nitrogen and oxygen atoms in total. The van der Waals surface area contributed by atoms with Crippen molar-refractivity contribution in [2.45, 2.75) is 32.2 Å². The van der Waals surface area contributed by atoms with Crippen LogP contribution in [0.25, 0.3) is 0 Å². The van der Waals surface area contributed by atoms with Crippen molar-refractivity contribution in [3.05, 3.63) is 28.2 Å². The number of likely N-dealkylation sites (tertiary alicyclic amines) is 1. The van der Waals surface area contributed by atoms with Crippen molar-refractivity contribution in [3.63, 3.8) is 0 Å². The maximum Gasteiger partial charge on any atom is 0.0356 e. The highest BCUT2D eigenvalue weighted by Crippen LogP contribution is 2.22.